The molecule has 4 rings (SSSR count). The lowest BCUT2D eigenvalue weighted by Crippen LogP contribution is -2.18. The Morgan fingerprint density at radius 2 is 2.00 bits per heavy atom. The van der Waals surface area contributed by atoms with Crippen LogP contribution in [-0.2, 0) is 7.05 Å². The van der Waals surface area contributed by atoms with Gasteiger partial charge in [-0.2, -0.15) is 5.10 Å². The number of aryl methyl sites for hydroxylation is 2. The number of benzene rings is 1. The van der Waals surface area contributed by atoms with E-state index in [0.717, 1.165) is 11.3 Å². The molecule has 1 N–H and O–H groups in total. The van der Waals surface area contributed by atoms with Crippen LogP contribution in [0.3, 0.4) is 0 Å². The standard InChI is InChI=1S/C18H16N6O2/c1-12-5-7-13(8-6-12)24-17(10-14(21-24)16-4-3-9-26-16)20-18(25)15-11-19-22-23(15)2/h3-11H,1-2H3,(H,20,25). The van der Waals surface area contributed by atoms with Crippen LogP contribution in [0.15, 0.2) is 59.3 Å². The number of amides is 1. The maximum Gasteiger partial charge on any atom is 0.276 e. The molecule has 0 bridgehead atoms. The molecule has 0 aliphatic carbocycles. The molecule has 130 valence electrons. The van der Waals surface area contributed by atoms with Crippen LogP contribution in [0, 0.1) is 6.92 Å². The minimum atomic E-state index is -0.322. The van der Waals surface area contributed by atoms with Crippen LogP contribution in [0.25, 0.3) is 17.1 Å². The van der Waals surface area contributed by atoms with E-state index in [0.29, 0.717) is 23.0 Å². The molecule has 0 saturated carbocycles. The van der Waals surface area contributed by atoms with Crippen LogP contribution in [0.5, 0.6) is 0 Å². The highest BCUT2D eigenvalue weighted by Crippen LogP contribution is 2.25. The zero-order valence-corrected chi connectivity index (χ0v) is 14.2. The average Bonchev–Trinajstić information content (AvgIpc) is 3.35. The number of rotatable bonds is 4. The van der Waals surface area contributed by atoms with Gasteiger partial charge in [-0.15, -0.1) is 5.10 Å². The molecular weight excluding hydrogens is 332 g/mol. The first-order chi connectivity index (χ1) is 12.6. The number of hydrogen-bond acceptors (Lipinski definition) is 5. The lowest BCUT2D eigenvalue weighted by Gasteiger charge is -2.09. The number of anilines is 1. The molecule has 0 radical (unpaired) electrons. The van der Waals surface area contributed by atoms with Crippen LogP contribution in [-0.4, -0.2) is 30.7 Å². The number of nitrogens with zero attached hydrogens (tertiary/aromatic N) is 5. The largest absolute Gasteiger partial charge is 0.463 e. The van der Waals surface area contributed by atoms with Crippen molar-refractivity contribution in [3.8, 4) is 17.1 Å². The Balaban J connectivity index is 1.75. The molecule has 26 heavy (non-hydrogen) atoms. The highest BCUT2D eigenvalue weighted by molar-refractivity contribution is 6.02. The lowest BCUT2D eigenvalue weighted by molar-refractivity contribution is 0.101. The number of furan rings is 1. The van der Waals surface area contributed by atoms with Crippen LogP contribution < -0.4 is 5.32 Å². The van der Waals surface area contributed by atoms with Crippen LogP contribution >= 0.6 is 0 Å². The van der Waals surface area contributed by atoms with E-state index in [1.807, 2.05) is 37.3 Å². The zero-order chi connectivity index (χ0) is 18.1. The van der Waals surface area contributed by atoms with Gasteiger partial charge in [0.25, 0.3) is 5.91 Å². The molecule has 3 heterocycles. The van der Waals surface area contributed by atoms with Crippen molar-refractivity contribution in [3.63, 3.8) is 0 Å². The van der Waals surface area contributed by atoms with Crippen LogP contribution in [0.4, 0.5) is 5.82 Å². The second kappa shape index (κ2) is 6.32. The molecule has 1 amide bonds. The Hall–Kier alpha value is -3.68. The quantitative estimate of drug-likeness (QED) is 0.612. The van der Waals surface area contributed by atoms with Gasteiger partial charge in [0.15, 0.2) is 5.76 Å². The SMILES string of the molecule is Cc1ccc(-n2nc(-c3ccco3)cc2NC(=O)c2cnnn2C)cc1. The topological polar surface area (TPSA) is 90.8 Å². The Morgan fingerprint density at radius 1 is 1.19 bits per heavy atom. The van der Waals surface area contributed by atoms with Gasteiger partial charge in [-0.1, -0.05) is 22.9 Å². The summed E-state index contributed by atoms with van der Waals surface area (Å²) in [4.78, 5) is 12.6. The Bertz CT molecular complexity index is 1040. The Kier molecular flexibility index (Phi) is 3.85. The molecule has 1 aromatic carbocycles. The van der Waals surface area contributed by atoms with Gasteiger partial charge in [0, 0.05) is 13.1 Å². The van der Waals surface area contributed by atoms with E-state index in [2.05, 4.69) is 20.7 Å². The van der Waals surface area contributed by atoms with Gasteiger partial charge in [0.05, 0.1) is 18.1 Å². The number of nitrogens with one attached hydrogen (secondary N) is 1. The van der Waals surface area contributed by atoms with E-state index in [1.54, 1.807) is 30.1 Å². The maximum atomic E-state index is 12.6. The van der Waals surface area contributed by atoms with Gasteiger partial charge in [-0.25, -0.2) is 9.36 Å². The van der Waals surface area contributed by atoms with Gasteiger partial charge >= 0.3 is 0 Å². The molecule has 0 spiro atoms. The molecule has 4 aromatic rings. The van der Waals surface area contributed by atoms with Crippen molar-refractivity contribution in [3.05, 3.63) is 66.2 Å². The molecule has 8 heteroatoms. The fourth-order valence-electron chi connectivity index (χ4n) is 2.57. The van der Waals surface area contributed by atoms with Gasteiger partial charge in [-0.05, 0) is 31.2 Å². The summed E-state index contributed by atoms with van der Waals surface area (Å²) in [6.45, 7) is 2.01. The van der Waals surface area contributed by atoms with E-state index < -0.39 is 0 Å². The first kappa shape index (κ1) is 15.8. The van der Waals surface area contributed by atoms with E-state index in [4.69, 9.17) is 4.42 Å². The highest BCUT2D eigenvalue weighted by Gasteiger charge is 2.18. The third kappa shape index (κ3) is 2.88. The highest BCUT2D eigenvalue weighted by atomic mass is 16.3. The predicted molar refractivity (Wildman–Crippen MR) is 95.0 cm³/mol. The van der Waals surface area contributed by atoms with E-state index in [-0.39, 0.29) is 5.91 Å². The van der Waals surface area contributed by atoms with Gasteiger partial charge in [0.2, 0.25) is 0 Å². The summed E-state index contributed by atoms with van der Waals surface area (Å²) >= 11 is 0. The molecule has 0 unspecified atom stereocenters. The van der Waals surface area contributed by atoms with Crippen LogP contribution in [0.1, 0.15) is 16.1 Å². The van der Waals surface area contributed by atoms with Gasteiger partial charge in [-0.3, -0.25) is 4.79 Å². The molecule has 0 fully saturated rings. The first-order valence-electron chi connectivity index (χ1n) is 7.99. The van der Waals surface area contributed by atoms with Crippen molar-refractivity contribution >= 4 is 11.7 Å². The third-order valence-electron chi connectivity index (χ3n) is 3.95. The first-order valence-corrected chi connectivity index (χ1v) is 7.99. The number of carbonyl (C=O) groups is 1. The maximum absolute atomic E-state index is 12.6. The number of hydrogen-bond donors (Lipinski definition) is 1. The molecule has 0 aliphatic heterocycles. The van der Waals surface area contributed by atoms with Crippen molar-refractivity contribution < 1.29 is 9.21 Å². The summed E-state index contributed by atoms with van der Waals surface area (Å²) in [6.07, 6.45) is 3.00. The molecule has 0 aliphatic rings. The Labute approximate surface area is 149 Å². The van der Waals surface area contributed by atoms with Crippen molar-refractivity contribution in [2.75, 3.05) is 5.32 Å². The molecule has 8 nitrogen and oxygen atoms in total. The monoisotopic (exact) mass is 348 g/mol. The molecule has 0 saturated heterocycles. The van der Waals surface area contributed by atoms with Crippen molar-refractivity contribution in [2.45, 2.75) is 6.92 Å². The fraction of sp³-hybridized carbons (Fsp3) is 0.111. The summed E-state index contributed by atoms with van der Waals surface area (Å²) in [6, 6.07) is 13.2. The smallest absolute Gasteiger partial charge is 0.276 e. The van der Waals surface area contributed by atoms with Crippen molar-refractivity contribution in [1.82, 2.24) is 24.8 Å². The summed E-state index contributed by atoms with van der Waals surface area (Å²) in [5, 5.41) is 15.0. The minimum Gasteiger partial charge on any atom is -0.463 e. The van der Waals surface area contributed by atoms with Crippen molar-refractivity contribution in [1.29, 1.82) is 0 Å². The average molecular weight is 348 g/mol. The summed E-state index contributed by atoms with van der Waals surface area (Å²) in [7, 11) is 1.66. The van der Waals surface area contributed by atoms with Crippen LogP contribution in [0.2, 0.25) is 0 Å². The summed E-state index contributed by atoms with van der Waals surface area (Å²) in [5.41, 5.74) is 2.93. The Morgan fingerprint density at radius 3 is 2.65 bits per heavy atom. The zero-order valence-electron chi connectivity index (χ0n) is 14.2. The van der Waals surface area contributed by atoms with Crippen molar-refractivity contribution in [2.24, 2.45) is 7.05 Å². The second-order valence-corrected chi connectivity index (χ2v) is 5.84. The van der Waals surface area contributed by atoms with E-state index >= 15 is 0 Å². The number of aromatic nitrogens is 5. The summed E-state index contributed by atoms with van der Waals surface area (Å²) in [5.74, 6) is 0.816. The molecular formula is C18H16N6O2. The predicted octanol–water partition coefficient (Wildman–Crippen LogP) is 2.82. The normalized spacial score (nSPS) is 10.8. The fourth-order valence-corrected chi connectivity index (χ4v) is 2.57. The molecule has 3 aromatic heterocycles. The third-order valence-corrected chi connectivity index (χ3v) is 3.95. The lowest BCUT2D eigenvalue weighted by atomic mass is 10.2. The molecule has 0 atom stereocenters. The van der Waals surface area contributed by atoms with E-state index in [9.17, 15) is 4.79 Å². The van der Waals surface area contributed by atoms with Gasteiger partial charge in [0.1, 0.15) is 17.2 Å². The number of carbonyl (C=O) groups excluding carboxylic acids is 1. The summed E-state index contributed by atoms with van der Waals surface area (Å²) < 4.78 is 8.50. The van der Waals surface area contributed by atoms with Gasteiger partial charge < -0.3 is 9.73 Å². The second-order valence-electron chi connectivity index (χ2n) is 5.84. The minimum absolute atomic E-state index is 0.322. The van der Waals surface area contributed by atoms with E-state index in [1.165, 1.54) is 10.9 Å².